The molecule has 0 spiro atoms. The molecule has 238 valence electrons. The molecule has 3 nitrogen and oxygen atoms in total. The molecule has 0 unspecified atom stereocenters. The lowest BCUT2D eigenvalue weighted by Crippen LogP contribution is -2.10. The van der Waals surface area contributed by atoms with Crippen molar-refractivity contribution in [1.29, 1.82) is 0 Å². The standard InChI is InChI=1S/C48H29NO2/c1-2-10-34-30(9-1)21-25-39-36-14-7-13-35(37(36)26-27-38(34)39)31-19-22-32(23-20-31)49(33-24-28-47-43(29-33)41-12-4-5-17-45(41)50-47)44-16-8-15-42-40-11-3-6-18-46(40)51-48(42)44/h1-29H. The van der Waals surface area contributed by atoms with Crippen LogP contribution in [0.1, 0.15) is 0 Å². The molecule has 0 aliphatic carbocycles. The maximum Gasteiger partial charge on any atom is 0.159 e. The number of hydrogen-bond acceptors (Lipinski definition) is 3. The first kappa shape index (κ1) is 28.0. The van der Waals surface area contributed by atoms with Gasteiger partial charge < -0.3 is 13.7 Å². The molecule has 9 aromatic carbocycles. The van der Waals surface area contributed by atoms with Gasteiger partial charge in [-0.3, -0.25) is 0 Å². The van der Waals surface area contributed by atoms with Crippen molar-refractivity contribution in [3.8, 4) is 11.1 Å². The Balaban J connectivity index is 1.09. The Kier molecular flexibility index (Phi) is 5.96. The van der Waals surface area contributed by atoms with E-state index in [2.05, 4.69) is 157 Å². The summed E-state index contributed by atoms with van der Waals surface area (Å²) in [7, 11) is 0. The van der Waals surface area contributed by atoms with Crippen LogP contribution in [0.5, 0.6) is 0 Å². The molecule has 0 N–H and O–H groups in total. The normalized spacial score (nSPS) is 11.9. The highest BCUT2D eigenvalue weighted by Gasteiger charge is 2.21. The molecule has 11 aromatic rings. The van der Waals surface area contributed by atoms with Gasteiger partial charge in [-0.25, -0.2) is 0 Å². The summed E-state index contributed by atoms with van der Waals surface area (Å²) in [5.74, 6) is 0. The number of nitrogens with zero attached hydrogens (tertiary/aromatic N) is 1. The van der Waals surface area contributed by atoms with Crippen LogP contribution in [-0.4, -0.2) is 0 Å². The molecule has 0 aliphatic rings. The van der Waals surface area contributed by atoms with E-state index in [1.807, 2.05) is 24.3 Å². The average Bonchev–Trinajstić information content (AvgIpc) is 3.77. The first-order valence-corrected chi connectivity index (χ1v) is 17.3. The van der Waals surface area contributed by atoms with E-state index in [0.717, 1.165) is 60.9 Å². The van der Waals surface area contributed by atoms with Gasteiger partial charge >= 0.3 is 0 Å². The molecule has 0 bridgehead atoms. The molecule has 11 rings (SSSR count). The fourth-order valence-corrected chi connectivity index (χ4v) is 8.09. The largest absolute Gasteiger partial charge is 0.456 e. The summed E-state index contributed by atoms with van der Waals surface area (Å²) in [5.41, 5.74) is 8.91. The predicted octanol–water partition coefficient (Wildman–Crippen LogP) is 14.1. The molecule has 2 aromatic heterocycles. The number of rotatable bonds is 4. The second-order valence-corrected chi connectivity index (χ2v) is 13.3. The van der Waals surface area contributed by atoms with Crippen molar-refractivity contribution < 1.29 is 8.83 Å². The maximum absolute atomic E-state index is 6.59. The van der Waals surface area contributed by atoms with Gasteiger partial charge in [-0.1, -0.05) is 127 Å². The summed E-state index contributed by atoms with van der Waals surface area (Å²) < 4.78 is 12.8. The number of hydrogen-bond donors (Lipinski definition) is 0. The summed E-state index contributed by atoms with van der Waals surface area (Å²) in [4.78, 5) is 2.30. The van der Waals surface area contributed by atoms with Gasteiger partial charge in [-0.2, -0.15) is 0 Å². The van der Waals surface area contributed by atoms with Gasteiger partial charge in [0.05, 0.1) is 5.69 Å². The van der Waals surface area contributed by atoms with Crippen molar-refractivity contribution in [2.75, 3.05) is 4.90 Å². The minimum Gasteiger partial charge on any atom is -0.456 e. The summed E-state index contributed by atoms with van der Waals surface area (Å²) >= 11 is 0. The van der Waals surface area contributed by atoms with E-state index in [0.29, 0.717) is 0 Å². The van der Waals surface area contributed by atoms with Crippen molar-refractivity contribution in [1.82, 2.24) is 0 Å². The van der Waals surface area contributed by atoms with Gasteiger partial charge in [0.2, 0.25) is 0 Å². The molecule has 0 aliphatic heterocycles. The van der Waals surface area contributed by atoms with Gasteiger partial charge in [-0.15, -0.1) is 0 Å². The molecular formula is C48H29NO2. The molecule has 0 amide bonds. The van der Waals surface area contributed by atoms with Crippen molar-refractivity contribution in [2.24, 2.45) is 0 Å². The zero-order chi connectivity index (χ0) is 33.5. The van der Waals surface area contributed by atoms with Crippen molar-refractivity contribution in [3.05, 3.63) is 176 Å². The van der Waals surface area contributed by atoms with Crippen LogP contribution in [0.2, 0.25) is 0 Å². The van der Waals surface area contributed by atoms with E-state index in [-0.39, 0.29) is 0 Å². The van der Waals surface area contributed by atoms with Crippen LogP contribution in [0, 0.1) is 0 Å². The van der Waals surface area contributed by atoms with Gasteiger partial charge in [-0.05, 0) is 92.0 Å². The number of fused-ring (bicyclic) bond motifs is 11. The van der Waals surface area contributed by atoms with Crippen LogP contribution in [0.3, 0.4) is 0 Å². The van der Waals surface area contributed by atoms with E-state index in [1.165, 1.54) is 43.4 Å². The third-order valence-electron chi connectivity index (χ3n) is 10.5. The van der Waals surface area contributed by atoms with Crippen molar-refractivity contribution in [3.63, 3.8) is 0 Å². The third-order valence-corrected chi connectivity index (χ3v) is 10.5. The lowest BCUT2D eigenvalue weighted by atomic mass is 9.92. The van der Waals surface area contributed by atoms with Gasteiger partial charge in [0, 0.05) is 32.9 Å². The van der Waals surface area contributed by atoms with E-state index in [9.17, 15) is 0 Å². The molecule has 0 saturated carbocycles. The summed E-state index contributed by atoms with van der Waals surface area (Å²) in [6, 6.07) is 62.6. The summed E-state index contributed by atoms with van der Waals surface area (Å²) in [6.07, 6.45) is 0. The number of para-hydroxylation sites is 3. The lowest BCUT2D eigenvalue weighted by Gasteiger charge is -2.26. The zero-order valence-corrected chi connectivity index (χ0v) is 27.5. The first-order valence-electron chi connectivity index (χ1n) is 17.3. The highest BCUT2D eigenvalue weighted by molar-refractivity contribution is 6.19. The molecular weight excluding hydrogens is 623 g/mol. The Morgan fingerprint density at radius 3 is 1.78 bits per heavy atom. The highest BCUT2D eigenvalue weighted by atomic mass is 16.3. The summed E-state index contributed by atoms with van der Waals surface area (Å²) in [6.45, 7) is 0. The number of benzene rings is 9. The minimum atomic E-state index is 0.855. The fraction of sp³-hybridized carbons (Fsp3) is 0. The quantitative estimate of drug-likeness (QED) is 0.177. The first-order chi connectivity index (χ1) is 25.3. The number of furan rings is 2. The Hall–Kier alpha value is -6.84. The smallest absolute Gasteiger partial charge is 0.159 e. The van der Waals surface area contributed by atoms with Crippen molar-refractivity contribution in [2.45, 2.75) is 0 Å². The molecule has 51 heavy (non-hydrogen) atoms. The van der Waals surface area contributed by atoms with Gasteiger partial charge in [0.1, 0.15) is 16.7 Å². The Labute approximate surface area is 293 Å². The Morgan fingerprint density at radius 1 is 0.333 bits per heavy atom. The fourth-order valence-electron chi connectivity index (χ4n) is 8.09. The summed E-state index contributed by atoms with van der Waals surface area (Å²) in [5, 5.41) is 12.0. The number of anilines is 3. The second-order valence-electron chi connectivity index (χ2n) is 13.3. The Bertz CT molecular complexity index is 3150. The third kappa shape index (κ3) is 4.25. The Morgan fingerprint density at radius 2 is 0.922 bits per heavy atom. The van der Waals surface area contributed by atoms with E-state index >= 15 is 0 Å². The van der Waals surface area contributed by atoms with Crippen LogP contribution in [-0.2, 0) is 0 Å². The monoisotopic (exact) mass is 651 g/mol. The van der Waals surface area contributed by atoms with Crippen LogP contribution >= 0.6 is 0 Å². The molecule has 0 radical (unpaired) electrons. The van der Waals surface area contributed by atoms with Crippen LogP contribution in [0.4, 0.5) is 17.1 Å². The zero-order valence-electron chi connectivity index (χ0n) is 27.5. The van der Waals surface area contributed by atoms with E-state index in [1.54, 1.807) is 0 Å². The molecule has 0 fully saturated rings. The minimum absolute atomic E-state index is 0.855. The predicted molar refractivity (Wildman–Crippen MR) is 214 cm³/mol. The van der Waals surface area contributed by atoms with Crippen LogP contribution in [0.25, 0.3) is 87.3 Å². The van der Waals surface area contributed by atoms with Crippen LogP contribution < -0.4 is 4.90 Å². The topological polar surface area (TPSA) is 29.5 Å². The van der Waals surface area contributed by atoms with Gasteiger partial charge in [0.15, 0.2) is 5.58 Å². The molecule has 0 saturated heterocycles. The highest BCUT2D eigenvalue weighted by Crippen LogP contribution is 2.44. The lowest BCUT2D eigenvalue weighted by molar-refractivity contribution is 0.669. The second kappa shape index (κ2) is 10.8. The maximum atomic E-state index is 6.59. The van der Waals surface area contributed by atoms with Gasteiger partial charge in [0.25, 0.3) is 0 Å². The van der Waals surface area contributed by atoms with Crippen LogP contribution in [0.15, 0.2) is 185 Å². The molecule has 0 atom stereocenters. The van der Waals surface area contributed by atoms with E-state index < -0.39 is 0 Å². The SMILES string of the molecule is c1ccc2c(c1)ccc1c3cccc(-c4ccc(N(c5ccc6oc7ccccc7c6c5)c5cccc6c5oc5ccccc56)cc4)c3ccc21. The van der Waals surface area contributed by atoms with Crippen molar-refractivity contribution >= 4 is 93.3 Å². The van der Waals surface area contributed by atoms with E-state index in [4.69, 9.17) is 8.83 Å². The molecule has 3 heteroatoms. The molecule has 2 heterocycles. The average molecular weight is 652 g/mol.